The van der Waals surface area contributed by atoms with Gasteiger partial charge in [0.2, 0.25) is 6.79 Å². The van der Waals surface area contributed by atoms with E-state index in [1.165, 1.54) is 4.90 Å². The third-order valence-corrected chi connectivity index (χ3v) is 13.1. The van der Waals surface area contributed by atoms with Gasteiger partial charge in [-0.1, -0.05) is 15.9 Å². The van der Waals surface area contributed by atoms with Crippen LogP contribution in [0.2, 0.25) is 0 Å². The summed E-state index contributed by atoms with van der Waals surface area (Å²) in [6.45, 7) is 11.7. The SMILES string of the molecule is [C-]#[N+][C@@]1(C)C[C@]23C(=O)N(C)[C@](C)(C(=O)N2[C@H]1c1cc2c(cc1Br)OCO2)S3=S=S. The molecule has 1 aromatic rings. The normalized spacial score (nSPS) is 39.1. The van der Waals surface area contributed by atoms with Crippen LogP contribution in [0, 0.1) is 6.57 Å². The van der Waals surface area contributed by atoms with E-state index in [-0.39, 0.29) is 25.0 Å². The summed E-state index contributed by atoms with van der Waals surface area (Å²) in [6.07, 6.45) is 0.256. The van der Waals surface area contributed by atoms with Crippen molar-refractivity contribution >= 4 is 57.3 Å². The van der Waals surface area contributed by atoms with E-state index >= 15 is 0 Å². The molecule has 29 heavy (non-hydrogen) atoms. The molecule has 1 spiro atoms. The smallest absolute Gasteiger partial charge is 0.261 e. The van der Waals surface area contributed by atoms with Crippen molar-refractivity contribution in [1.29, 1.82) is 0 Å². The Morgan fingerprint density at radius 1 is 1.31 bits per heavy atom. The number of amides is 2. The average Bonchev–Trinajstić information content (AvgIpc) is 3.33. The Morgan fingerprint density at radius 3 is 2.59 bits per heavy atom. The van der Waals surface area contributed by atoms with Crippen molar-refractivity contribution in [2.45, 2.75) is 41.6 Å². The lowest BCUT2D eigenvalue weighted by Crippen LogP contribution is -2.60. The molecule has 1 aromatic carbocycles. The third-order valence-electron chi connectivity index (χ3n) is 6.51. The number of nitrogens with zero attached hydrogens (tertiary/aromatic N) is 3. The van der Waals surface area contributed by atoms with Gasteiger partial charge >= 0.3 is 0 Å². The van der Waals surface area contributed by atoms with E-state index < -0.39 is 30.8 Å². The number of rotatable bonds is 1. The lowest BCUT2D eigenvalue weighted by molar-refractivity contribution is -0.159. The fourth-order valence-electron chi connectivity index (χ4n) is 5.04. The molecule has 0 N–H and O–H groups in total. The van der Waals surface area contributed by atoms with Gasteiger partial charge in [-0.25, -0.2) is 6.57 Å². The van der Waals surface area contributed by atoms with E-state index in [1.807, 2.05) is 13.0 Å². The maximum absolute atomic E-state index is 13.7. The average molecular weight is 514 g/mol. The van der Waals surface area contributed by atoms with Gasteiger partial charge in [-0.15, -0.1) is 0 Å². The van der Waals surface area contributed by atoms with E-state index in [2.05, 4.69) is 20.8 Å². The molecule has 0 aliphatic carbocycles. The zero-order chi connectivity index (χ0) is 20.9. The van der Waals surface area contributed by atoms with E-state index in [4.69, 9.17) is 27.2 Å². The quantitative estimate of drug-likeness (QED) is 0.538. The number of halogens is 1. The molecule has 4 aliphatic rings. The first-order valence-corrected chi connectivity index (χ1v) is 13.1. The molecule has 2 amide bonds. The number of hydrogen-bond acceptors (Lipinski definition) is 5. The Morgan fingerprint density at radius 2 is 1.97 bits per heavy atom. The van der Waals surface area contributed by atoms with Crippen LogP contribution in [0.1, 0.15) is 31.9 Å². The van der Waals surface area contributed by atoms with E-state index in [0.29, 0.717) is 16.0 Å². The first-order valence-electron chi connectivity index (χ1n) is 8.81. The van der Waals surface area contributed by atoms with Crippen LogP contribution in [-0.2, 0) is 39.1 Å². The highest BCUT2D eigenvalue weighted by atomic mass is 79.9. The van der Waals surface area contributed by atoms with Crippen LogP contribution in [0.5, 0.6) is 11.5 Å². The molecule has 152 valence electrons. The molecule has 0 radical (unpaired) electrons. The maximum Gasteiger partial charge on any atom is 0.261 e. The molecule has 5 rings (SSSR count). The Kier molecular flexibility index (Phi) is 3.90. The topological polar surface area (TPSA) is 63.4 Å². The minimum Gasteiger partial charge on any atom is -0.454 e. The van der Waals surface area contributed by atoms with Gasteiger partial charge in [0.25, 0.3) is 17.4 Å². The van der Waals surface area contributed by atoms with Gasteiger partial charge in [0.15, 0.2) is 21.2 Å². The Bertz CT molecular complexity index is 1130. The van der Waals surface area contributed by atoms with Crippen molar-refractivity contribution in [2.24, 2.45) is 0 Å². The summed E-state index contributed by atoms with van der Waals surface area (Å²) in [7, 11) is 2.04. The summed E-state index contributed by atoms with van der Waals surface area (Å²) in [5, 5.41) is 0. The molecule has 1 unspecified atom stereocenters. The van der Waals surface area contributed by atoms with Gasteiger partial charge < -0.3 is 24.1 Å². The van der Waals surface area contributed by atoms with E-state index in [1.54, 1.807) is 24.9 Å². The minimum absolute atomic E-state index is 0.125. The fraction of sp³-hybridized carbons (Fsp3) is 0.500. The van der Waals surface area contributed by atoms with Crippen LogP contribution in [0.4, 0.5) is 0 Å². The summed E-state index contributed by atoms with van der Waals surface area (Å²) < 4.78 is 11.7. The summed E-state index contributed by atoms with van der Waals surface area (Å²) in [4.78, 5) is 32.3. The second-order valence-electron chi connectivity index (χ2n) is 7.92. The summed E-state index contributed by atoms with van der Waals surface area (Å²) in [5.74, 6) is 0.895. The van der Waals surface area contributed by atoms with Crippen molar-refractivity contribution in [3.8, 4) is 11.5 Å². The third kappa shape index (κ3) is 1.99. The maximum atomic E-state index is 13.7. The molecule has 0 aromatic heterocycles. The predicted molar refractivity (Wildman–Crippen MR) is 115 cm³/mol. The molecule has 11 heteroatoms. The molecule has 7 nitrogen and oxygen atoms in total. The fourth-order valence-corrected chi connectivity index (χ4v) is 12.3. The Labute approximate surface area is 186 Å². The highest BCUT2D eigenvalue weighted by molar-refractivity contribution is 9.10. The summed E-state index contributed by atoms with van der Waals surface area (Å²) >= 11 is 8.95. The first-order chi connectivity index (χ1) is 13.7. The molecule has 3 fully saturated rings. The van der Waals surface area contributed by atoms with E-state index in [9.17, 15) is 9.59 Å². The number of ether oxygens (including phenoxy) is 2. The number of benzene rings is 1. The van der Waals surface area contributed by atoms with Gasteiger partial charge in [0, 0.05) is 24.0 Å². The van der Waals surface area contributed by atoms with Gasteiger partial charge in [-0.2, -0.15) is 0 Å². The Balaban J connectivity index is 1.79. The Hall–Kier alpha value is -1.48. The van der Waals surface area contributed by atoms with Crippen molar-refractivity contribution in [1.82, 2.24) is 9.80 Å². The van der Waals surface area contributed by atoms with Gasteiger partial charge in [-0.3, -0.25) is 9.59 Å². The number of carbonyl (C=O) groups excluding carboxylic acids is 2. The zero-order valence-corrected chi connectivity index (χ0v) is 19.8. The molecule has 4 heterocycles. The van der Waals surface area contributed by atoms with E-state index in [0.717, 1.165) is 14.4 Å². The van der Waals surface area contributed by atoms with Crippen molar-refractivity contribution < 1.29 is 19.1 Å². The largest absolute Gasteiger partial charge is 0.454 e. The molecular formula is C18H16BrN3O4S3. The highest BCUT2D eigenvalue weighted by Crippen LogP contribution is 2.64. The number of hydrogen-bond donors (Lipinski definition) is 0. The number of fused-ring (bicyclic) bond motifs is 2. The molecule has 4 aliphatic heterocycles. The second-order valence-corrected chi connectivity index (χ2v) is 13.5. The molecular weight excluding hydrogens is 498 g/mol. The number of piperazine rings is 1. The van der Waals surface area contributed by atoms with Gasteiger partial charge in [0.05, 0.1) is 6.42 Å². The summed E-state index contributed by atoms with van der Waals surface area (Å²) in [5.41, 5.74) is -0.243. The van der Waals surface area contributed by atoms with Gasteiger partial charge in [-0.05, 0) is 48.6 Å². The monoisotopic (exact) mass is 513 g/mol. The number of likely N-dealkylation sites (N-methyl/N-ethyl adjacent to an activating group) is 1. The standard InChI is InChI=1S/C18H16BrN3O4S3/c1-16(20-3)7-18-15(24)21(4)17(2,29(18)28-27)14(23)22(18)13(16)9-5-11-12(6-10(9)19)26-8-25-11/h5-6,13H,7-8H2,1-2,4H3/t13-,16-,17-,18-,29?/m0/s1. The summed E-state index contributed by atoms with van der Waals surface area (Å²) in [6, 6.07) is 3.00. The molecule has 3 saturated heterocycles. The van der Waals surface area contributed by atoms with Crippen LogP contribution in [-0.4, -0.2) is 50.7 Å². The van der Waals surface area contributed by atoms with Crippen molar-refractivity contribution in [2.75, 3.05) is 13.8 Å². The minimum atomic E-state index is -1.09. The second kappa shape index (κ2) is 5.81. The van der Waals surface area contributed by atoms with Crippen LogP contribution in [0.25, 0.3) is 4.85 Å². The lowest BCUT2D eigenvalue weighted by Gasteiger charge is -2.39. The van der Waals surface area contributed by atoms with Crippen LogP contribution < -0.4 is 9.47 Å². The van der Waals surface area contributed by atoms with Crippen LogP contribution >= 0.6 is 15.9 Å². The molecule has 2 bridgehead atoms. The highest BCUT2D eigenvalue weighted by Gasteiger charge is 2.83. The van der Waals surface area contributed by atoms with Crippen LogP contribution in [0.3, 0.4) is 0 Å². The lowest BCUT2D eigenvalue weighted by atomic mass is 9.87. The molecule has 5 atom stereocenters. The van der Waals surface area contributed by atoms with Crippen molar-refractivity contribution in [3.05, 3.63) is 33.6 Å². The molecule has 0 saturated carbocycles. The van der Waals surface area contributed by atoms with Gasteiger partial charge in [0.1, 0.15) is 6.04 Å². The number of carbonyl (C=O) groups is 2. The van der Waals surface area contributed by atoms with Crippen LogP contribution in [0.15, 0.2) is 16.6 Å². The first kappa shape index (κ1) is 19.5. The van der Waals surface area contributed by atoms with Crippen molar-refractivity contribution in [3.63, 3.8) is 0 Å². The zero-order valence-electron chi connectivity index (χ0n) is 15.7. The predicted octanol–water partition coefficient (Wildman–Crippen LogP) is 2.11.